The van der Waals surface area contributed by atoms with E-state index in [0.717, 1.165) is 22.8 Å². The smallest absolute Gasteiger partial charge is 0.293 e. The lowest BCUT2D eigenvalue weighted by atomic mass is 10.1. The summed E-state index contributed by atoms with van der Waals surface area (Å²) >= 11 is 6.71. The predicted octanol–water partition coefficient (Wildman–Crippen LogP) is 4.71. The van der Waals surface area contributed by atoms with E-state index in [2.05, 4.69) is 25.9 Å². The molecule has 11 nitrogen and oxygen atoms in total. The molecule has 0 aliphatic rings. The minimum absolute atomic E-state index is 0.0347. The van der Waals surface area contributed by atoms with Crippen molar-refractivity contribution in [3.05, 3.63) is 82.4 Å². The second-order valence-electron chi connectivity index (χ2n) is 7.50. The summed E-state index contributed by atoms with van der Waals surface area (Å²) in [6.07, 6.45) is 0.722. The highest BCUT2D eigenvalue weighted by molar-refractivity contribution is 7.80. The van der Waals surface area contributed by atoms with Gasteiger partial charge in [-0.3, -0.25) is 20.2 Å². The zero-order valence-corrected chi connectivity index (χ0v) is 20.3. The van der Waals surface area contributed by atoms with Crippen LogP contribution in [0.1, 0.15) is 23.3 Å². The number of carbonyl (C=O) groups is 1. The first-order chi connectivity index (χ1) is 17.4. The van der Waals surface area contributed by atoms with Gasteiger partial charge in [-0.05, 0) is 42.5 Å². The number of thiocarbonyl (C=S) groups is 1. The fraction of sp³-hybridized carbons (Fsp3) is 0.0870. The van der Waals surface area contributed by atoms with Crippen molar-refractivity contribution < 1.29 is 14.1 Å². The number of aryl methyl sites for hydroxylation is 1. The van der Waals surface area contributed by atoms with Gasteiger partial charge in [0.05, 0.1) is 10.5 Å². The van der Waals surface area contributed by atoms with E-state index >= 15 is 0 Å². The molecule has 1 amide bonds. The van der Waals surface area contributed by atoms with Crippen molar-refractivity contribution in [2.24, 2.45) is 0 Å². The van der Waals surface area contributed by atoms with Crippen molar-refractivity contribution in [2.75, 3.05) is 5.32 Å². The Hall–Kier alpha value is -4.49. The second-order valence-corrected chi connectivity index (χ2v) is 8.86. The molecule has 0 spiro atoms. The molecule has 13 heteroatoms. The zero-order chi connectivity index (χ0) is 25.2. The van der Waals surface area contributed by atoms with E-state index in [1.807, 2.05) is 25.1 Å². The van der Waals surface area contributed by atoms with Gasteiger partial charge in [0.1, 0.15) is 10.8 Å². The van der Waals surface area contributed by atoms with Crippen LogP contribution in [0.25, 0.3) is 26.9 Å². The van der Waals surface area contributed by atoms with Crippen molar-refractivity contribution in [3.8, 4) is 21.9 Å². The maximum Gasteiger partial charge on any atom is 0.293 e. The first-order valence-electron chi connectivity index (χ1n) is 10.7. The molecule has 0 aliphatic carbocycles. The molecule has 0 atom stereocenters. The number of fused-ring (bicyclic) bond motifs is 1. The molecular weight excluding hydrogens is 502 g/mol. The highest BCUT2D eigenvalue weighted by atomic mass is 32.1. The number of hydrogen-bond acceptors (Lipinski definition) is 9. The van der Waals surface area contributed by atoms with E-state index in [4.69, 9.17) is 16.6 Å². The Morgan fingerprint density at radius 2 is 2.00 bits per heavy atom. The molecule has 0 radical (unpaired) electrons. The Morgan fingerprint density at radius 3 is 2.81 bits per heavy atom. The molecule has 3 heterocycles. The monoisotopic (exact) mass is 519 g/mol. The number of nitro benzene ring substituents is 1. The summed E-state index contributed by atoms with van der Waals surface area (Å²) in [5.41, 5.74) is 1.66. The lowest BCUT2D eigenvalue weighted by molar-refractivity contribution is -0.384. The van der Waals surface area contributed by atoms with Gasteiger partial charge < -0.3 is 9.73 Å². The standard InChI is InChI=1S/C23H17N7O4S2/c1-2-19-26-27-23-29(19)28-21(36-23)13-6-5-7-14(12-13)24-22(35)25-20(31)18-11-10-17(34-18)15-8-3-4-9-16(15)30(32)33/h3-12H,2H2,1H3,(H2,24,25,31,35). The lowest BCUT2D eigenvalue weighted by Crippen LogP contribution is -2.33. The Kier molecular flexibility index (Phi) is 6.23. The molecule has 36 heavy (non-hydrogen) atoms. The van der Waals surface area contributed by atoms with Crippen molar-refractivity contribution in [1.82, 2.24) is 25.1 Å². The van der Waals surface area contributed by atoms with Crippen LogP contribution in [0.3, 0.4) is 0 Å². The minimum Gasteiger partial charge on any atom is -0.451 e. The Labute approximate surface area is 212 Å². The molecule has 0 unspecified atom stereocenters. The molecule has 5 aromatic rings. The molecule has 0 bridgehead atoms. The van der Waals surface area contributed by atoms with E-state index in [1.165, 1.54) is 29.5 Å². The summed E-state index contributed by atoms with van der Waals surface area (Å²) < 4.78 is 7.30. The van der Waals surface area contributed by atoms with Crippen LogP contribution in [-0.4, -0.2) is 35.8 Å². The number of furan rings is 1. The Morgan fingerprint density at radius 1 is 1.17 bits per heavy atom. The lowest BCUT2D eigenvalue weighted by Gasteiger charge is -2.09. The van der Waals surface area contributed by atoms with Gasteiger partial charge in [-0.15, -0.1) is 10.2 Å². The molecule has 3 aromatic heterocycles. The number of para-hydroxylation sites is 1. The van der Waals surface area contributed by atoms with E-state index in [1.54, 1.807) is 28.8 Å². The molecule has 0 fully saturated rings. The van der Waals surface area contributed by atoms with Crippen LogP contribution < -0.4 is 10.6 Å². The number of nitrogens with zero attached hydrogens (tertiary/aromatic N) is 5. The fourth-order valence-electron chi connectivity index (χ4n) is 3.50. The average molecular weight is 520 g/mol. The summed E-state index contributed by atoms with van der Waals surface area (Å²) in [6, 6.07) is 16.5. The van der Waals surface area contributed by atoms with Crippen LogP contribution in [0.2, 0.25) is 0 Å². The Bertz CT molecular complexity index is 1620. The van der Waals surface area contributed by atoms with Crippen molar-refractivity contribution in [3.63, 3.8) is 0 Å². The summed E-state index contributed by atoms with van der Waals surface area (Å²) in [7, 11) is 0. The Balaban J connectivity index is 1.28. The van der Waals surface area contributed by atoms with Gasteiger partial charge in [0.25, 0.3) is 11.6 Å². The second kappa shape index (κ2) is 9.64. The van der Waals surface area contributed by atoms with Gasteiger partial charge in [-0.25, -0.2) is 0 Å². The van der Waals surface area contributed by atoms with E-state index < -0.39 is 10.8 Å². The quantitative estimate of drug-likeness (QED) is 0.185. The molecule has 0 saturated carbocycles. The SMILES string of the molecule is CCc1nnc2sc(-c3cccc(NC(=S)NC(=O)c4ccc(-c5ccccc5[N+](=O)[O-])o4)c3)nn12. The molecule has 0 saturated heterocycles. The highest BCUT2D eigenvalue weighted by Gasteiger charge is 2.20. The van der Waals surface area contributed by atoms with Gasteiger partial charge in [-0.1, -0.05) is 42.5 Å². The third-order valence-electron chi connectivity index (χ3n) is 5.16. The van der Waals surface area contributed by atoms with Gasteiger partial charge >= 0.3 is 0 Å². The number of anilines is 1. The third-order valence-corrected chi connectivity index (χ3v) is 6.31. The maximum atomic E-state index is 12.6. The van der Waals surface area contributed by atoms with Crippen LogP contribution in [0.4, 0.5) is 11.4 Å². The highest BCUT2D eigenvalue weighted by Crippen LogP contribution is 2.31. The van der Waals surface area contributed by atoms with Gasteiger partial charge in [-0.2, -0.15) is 9.61 Å². The zero-order valence-electron chi connectivity index (χ0n) is 18.7. The van der Waals surface area contributed by atoms with Gasteiger partial charge in [0.2, 0.25) is 4.96 Å². The predicted molar refractivity (Wildman–Crippen MR) is 138 cm³/mol. The maximum absolute atomic E-state index is 12.6. The number of nitro groups is 1. The number of carbonyl (C=O) groups excluding carboxylic acids is 1. The van der Waals surface area contributed by atoms with Crippen molar-refractivity contribution in [1.29, 1.82) is 0 Å². The minimum atomic E-state index is -0.589. The summed E-state index contributed by atoms with van der Waals surface area (Å²) in [6.45, 7) is 1.99. The first kappa shape index (κ1) is 23.3. The van der Waals surface area contributed by atoms with Crippen LogP contribution in [0.15, 0.2) is 65.1 Å². The number of aromatic nitrogens is 4. The molecule has 2 aromatic carbocycles. The van der Waals surface area contributed by atoms with E-state index in [9.17, 15) is 14.9 Å². The number of hydrogen-bond donors (Lipinski definition) is 2. The topological polar surface area (TPSA) is 140 Å². The van der Waals surface area contributed by atoms with E-state index in [0.29, 0.717) is 10.6 Å². The molecule has 180 valence electrons. The van der Waals surface area contributed by atoms with Crippen molar-refractivity contribution in [2.45, 2.75) is 13.3 Å². The summed E-state index contributed by atoms with van der Waals surface area (Å²) in [5.74, 6) is 0.366. The molecule has 2 N–H and O–H groups in total. The summed E-state index contributed by atoms with van der Waals surface area (Å²) in [4.78, 5) is 24.1. The third kappa shape index (κ3) is 4.56. The first-order valence-corrected chi connectivity index (χ1v) is 11.9. The van der Waals surface area contributed by atoms with Crippen LogP contribution in [0.5, 0.6) is 0 Å². The van der Waals surface area contributed by atoms with Gasteiger partial charge in [0, 0.05) is 23.7 Å². The van der Waals surface area contributed by atoms with Crippen LogP contribution in [-0.2, 0) is 6.42 Å². The molecule has 5 rings (SSSR count). The van der Waals surface area contributed by atoms with Crippen LogP contribution >= 0.6 is 23.6 Å². The summed E-state index contributed by atoms with van der Waals surface area (Å²) in [5, 5.41) is 30.5. The van der Waals surface area contributed by atoms with Gasteiger partial charge in [0.15, 0.2) is 16.7 Å². The average Bonchev–Trinajstić information content (AvgIpc) is 3.60. The van der Waals surface area contributed by atoms with E-state index in [-0.39, 0.29) is 27.9 Å². The molecule has 0 aliphatic heterocycles. The largest absolute Gasteiger partial charge is 0.451 e. The van der Waals surface area contributed by atoms with Crippen LogP contribution in [0, 0.1) is 10.1 Å². The number of rotatable bonds is 6. The van der Waals surface area contributed by atoms with Crippen molar-refractivity contribution >= 4 is 50.9 Å². The number of nitrogens with one attached hydrogen (secondary N) is 2. The number of amides is 1. The number of benzene rings is 2. The fourth-order valence-corrected chi connectivity index (χ4v) is 4.56. The normalized spacial score (nSPS) is 10.9. The molecular formula is C23H17N7O4S2.